The molecule has 30 heavy (non-hydrogen) atoms. The highest BCUT2D eigenvalue weighted by atomic mass is 32.2. The molecule has 0 atom stereocenters. The van der Waals surface area contributed by atoms with E-state index in [2.05, 4.69) is 10.9 Å². The number of aryl methyl sites for hydroxylation is 3. The fourth-order valence-electron chi connectivity index (χ4n) is 3.96. The molecular formula is C23H28N2O4S. The zero-order chi connectivity index (χ0) is 21.9. The van der Waals surface area contributed by atoms with E-state index in [1.54, 1.807) is 31.2 Å². The van der Waals surface area contributed by atoms with Crippen LogP contribution in [-0.2, 0) is 21.1 Å². The van der Waals surface area contributed by atoms with Gasteiger partial charge >= 0.3 is 0 Å². The Labute approximate surface area is 178 Å². The maximum Gasteiger partial charge on any atom is 0.269 e. The molecule has 2 amide bonds. The molecule has 1 fully saturated rings. The average molecular weight is 429 g/mol. The van der Waals surface area contributed by atoms with Crippen LogP contribution < -0.4 is 10.9 Å². The van der Waals surface area contributed by atoms with Crippen molar-refractivity contribution in [1.29, 1.82) is 0 Å². The Balaban J connectivity index is 1.83. The van der Waals surface area contributed by atoms with E-state index in [1.165, 1.54) is 0 Å². The summed E-state index contributed by atoms with van der Waals surface area (Å²) in [6, 6.07) is 12.3. The summed E-state index contributed by atoms with van der Waals surface area (Å²) in [7, 11) is -3.94. The number of nitrogens with one attached hydrogen (secondary N) is 2. The van der Waals surface area contributed by atoms with Crippen LogP contribution >= 0.6 is 0 Å². The third-order valence-electron chi connectivity index (χ3n) is 5.89. The molecule has 1 aliphatic carbocycles. The van der Waals surface area contributed by atoms with E-state index >= 15 is 0 Å². The summed E-state index contributed by atoms with van der Waals surface area (Å²) in [4.78, 5) is 25.7. The summed E-state index contributed by atoms with van der Waals surface area (Å²) < 4.78 is 25.6. The van der Waals surface area contributed by atoms with Crippen molar-refractivity contribution in [3.05, 3.63) is 64.7 Å². The van der Waals surface area contributed by atoms with E-state index in [9.17, 15) is 18.0 Å². The van der Waals surface area contributed by atoms with Gasteiger partial charge in [0.2, 0.25) is 0 Å². The van der Waals surface area contributed by atoms with E-state index in [1.807, 2.05) is 32.0 Å². The van der Waals surface area contributed by atoms with Gasteiger partial charge in [-0.05, 0) is 68.0 Å². The second-order valence-electron chi connectivity index (χ2n) is 7.93. The zero-order valence-corrected chi connectivity index (χ0v) is 18.4. The minimum atomic E-state index is -3.94. The van der Waals surface area contributed by atoms with Gasteiger partial charge in [-0.2, -0.15) is 0 Å². The monoisotopic (exact) mass is 428 g/mol. The highest BCUT2D eigenvalue weighted by molar-refractivity contribution is 7.93. The lowest BCUT2D eigenvalue weighted by Crippen LogP contribution is -2.55. The maximum absolute atomic E-state index is 13.6. The highest BCUT2D eigenvalue weighted by Crippen LogP contribution is 2.41. The SMILES string of the molecule is CCc1ccc(C(=O)NNC(=O)C2(S(=O)(=O)c3cc(C)ccc3C)CCCC2)cc1. The van der Waals surface area contributed by atoms with Crippen LogP contribution in [0.15, 0.2) is 47.4 Å². The number of rotatable bonds is 5. The Morgan fingerprint density at radius 3 is 2.20 bits per heavy atom. The Kier molecular flexibility index (Phi) is 6.31. The molecular weight excluding hydrogens is 400 g/mol. The molecule has 6 nitrogen and oxygen atoms in total. The van der Waals surface area contributed by atoms with Crippen LogP contribution in [0.4, 0.5) is 0 Å². The number of carbonyl (C=O) groups is 2. The predicted octanol–water partition coefficient (Wildman–Crippen LogP) is 3.41. The first-order chi connectivity index (χ1) is 14.2. The molecule has 2 aromatic carbocycles. The number of benzene rings is 2. The quantitative estimate of drug-likeness (QED) is 0.714. The van der Waals surface area contributed by atoms with Crippen molar-refractivity contribution in [2.45, 2.75) is 62.5 Å². The van der Waals surface area contributed by atoms with E-state index in [-0.39, 0.29) is 17.7 Å². The lowest BCUT2D eigenvalue weighted by molar-refractivity contribution is -0.124. The molecule has 0 aromatic heterocycles. The standard InChI is InChI=1S/C23H28N2O4S/c1-4-18-9-11-19(12-10-18)21(26)24-25-22(27)23(13-5-6-14-23)30(28,29)20-15-16(2)7-8-17(20)3/h7-12,15H,4-6,13-14H2,1-3H3,(H,24,26)(H,25,27). The molecule has 0 aliphatic heterocycles. The molecule has 1 aliphatic rings. The van der Waals surface area contributed by atoms with Gasteiger partial charge in [0.05, 0.1) is 4.90 Å². The minimum Gasteiger partial charge on any atom is -0.271 e. The molecule has 2 aromatic rings. The Morgan fingerprint density at radius 2 is 1.60 bits per heavy atom. The molecule has 0 saturated heterocycles. The van der Waals surface area contributed by atoms with Crippen LogP contribution in [0.5, 0.6) is 0 Å². The van der Waals surface area contributed by atoms with E-state index in [0.717, 1.165) is 17.5 Å². The van der Waals surface area contributed by atoms with Crippen molar-refractivity contribution in [3.63, 3.8) is 0 Å². The first-order valence-electron chi connectivity index (χ1n) is 10.2. The van der Waals surface area contributed by atoms with Gasteiger partial charge in [-0.25, -0.2) is 8.42 Å². The van der Waals surface area contributed by atoms with Crippen molar-refractivity contribution >= 4 is 21.7 Å². The Bertz CT molecular complexity index is 1050. The van der Waals surface area contributed by atoms with Gasteiger partial charge < -0.3 is 0 Å². The first kappa shape index (κ1) is 22.0. The topological polar surface area (TPSA) is 92.3 Å². The summed E-state index contributed by atoms with van der Waals surface area (Å²) in [5, 5.41) is 0. The third-order valence-corrected chi connectivity index (χ3v) is 8.53. The molecule has 0 heterocycles. The predicted molar refractivity (Wildman–Crippen MR) is 116 cm³/mol. The number of carbonyl (C=O) groups excluding carboxylic acids is 2. The summed E-state index contributed by atoms with van der Waals surface area (Å²) in [6.45, 7) is 5.57. The molecule has 0 unspecified atom stereocenters. The van der Waals surface area contributed by atoms with Crippen molar-refractivity contribution in [3.8, 4) is 0 Å². The van der Waals surface area contributed by atoms with Gasteiger partial charge in [0, 0.05) is 5.56 Å². The summed E-state index contributed by atoms with van der Waals surface area (Å²) in [6.07, 6.45) is 2.61. The summed E-state index contributed by atoms with van der Waals surface area (Å²) in [5.41, 5.74) is 7.69. The molecule has 3 rings (SSSR count). The normalized spacial score (nSPS) is 15.6. The van der Waals surface area contributed by atoms with Crippen LogP contribution in [0.25, 0.3) is 0 Å². The summed E-state index contributed by atoms with van der Waals surface area (Å²) in [5.74, 6) is -1.16. The number of amides is 2. The third kappa shape index (κ3) is 3.99. The lowest BCUT2D eigenvalue weighted by atomic mass is 10.1. The summed E-state index contributed by atoms with van der Waals surface area (Å²) >= 11 is 0. The van der Waals surface area contributed by atoms with Crippen LogP contribution in [0, 0.1) is 13.8 Å². The van der Waals surface area contributed by atoms with Gasteiger partial charge in [-0.3, -0.25) is 20.4 Å². The van der Waals surface area contributed by atoms with Crippen LogP contribution in [-0.4, -0.2) is 25.0 Å². The van der Waals surface area contributed by atoms with Gasteiger partial charge in [-0.1, -0.05) is 44.0 Å². The second-order valence-corrected chi connectivity index (χ2v) is 10.2. The van der Waals surface area contributed by atoms with Crippen molar-refractivity contribution in [2.24, 2.45) is 0 Å². The van der Waals surface area contributed by atoms with Gasteiger partial charge in [-0.15, -0.1) is 0 Å². The lowest BCUT2D eigenvalue weighted by Gasteiger charge is -2.28. The van der Waals surface area contributed by atoms with Gasteiger partial charge in [0.1, 0.15) is 0 Å². The number of hydrogen-bond acceptors (Lipinski definition) is 4. The smallest absolute Gasteiger partial charge is 0.269 e. The molecule has 0 radical (unpaired) electrons. The minimum absolute atomic E-state index is 0.182. The first-order valence-corrected chi connectivity index (χ1v) is 11.7. The second kappa shape index (κ2) is 8.60. The Hall–Kier alpha value is -2.67. The Morgan fingerprint density at radius 1 is 0.967 bits per heavy atom. The largest absolute Gasteiger partial charge is 0.271 e. The number of hydrazine groups is 1. The fourth-order valence-corrected chi connectivity index (χ4v) is 6.34. The van der Waals surface area contributed by atoms with E-state index in [0.29, 0.717) is 24.0 Å². The average Bonchev–Trinajstić information content (AvgIpc) is 3.25. The zero-order valence-electron chi connectivity index (χ0n) is 17.6. The molecule has 0 bridgehead atoms. The number of sulfone groups is 1. The van der Waals surface area contributed by atoms with E-state index < -0.39 is 26.4 Å². The maximum atomic E-state index is 13.6. The van der Waals surface area contributed by atoms with E-state index in [4.69, 9.17) is 0 Å². The molecule has 1 saturated carbocycles. The van der Waals surface area contributed by atoms with Crippen LogP contribution in [0.2, 0.25) is 0 Å². The van der Waals surface area contributed by atoms with Crippen LogP contribution in [0.3, 0.4) is 0 Å². The molecule has 0 spiro atoms. The molecule has 160 valence electrons. The molecule has 2 N–H and O–H groups in total. The van der Waals surface area contributed by atoms with Crippen LogP contribution in [0.1, 0.15) is 59.7 Å². The van der Waals surface area contributed by atoms with Gasteiger partial charge in [0.25, 0.3) is 11.8 Å². The van der Waals surface area contributed by atoms with Crippen molar-refractivity contribution in [1.82, 2.24) is 10.9 Å². The highest BCUT2D eigenvalue weighted by Gasteiger charge is 2.53. The van der Waals surface area contributed by atoms with Crippen molar-refractivity contribution in [2.75, 3.05) is 0 Å². The molecule has 7 heteroatoms. The van der Waals surface area contributed by atoms with Crippen molar-refractivity contribution < 1.29 is 18.0 Å². The fraction of sp³-hybridized carbons (Fsp3) is 0.391. The number of hydrogen-bond donors (Lipinski definition) is 2. The van der Waals surface area contributed by atoms with Gasteiger partial charge in [0.15, 0.2) is 14.6 Å².